The minimum absolute atomic E-state index is 0.0206. The van der Waals surface area contributed by atoms with E-state index >= 15 is 0 Å². The number of hydrogen-bond donors (Lipinski definition) is 3. The van der Waals surface area contributed by atoms with Gasteiger partial charge in [0.25, 0.3) is 5.91 Å². The van der Waals surface area contributed by atoms with Crippen LogP contribution < -0.4 is 21.1 Å². The van der Waals surface area contributed by atoms with Crippen molar-refractivity contribution in [2.45, 2.75) is 37.8 Å². The number of rotatable bonds is 6. The summed E-state index contributed by atoms with van der Waals surface area (Å²) >= 11 is 0. The van der Waals surface area contributed by atoms with E-state index in [4.69, 9.17) is 10.5 Å². The number of benzene rings is 1. The minimum atomic E-state index is -0.156. The fraction of sp³-hybridized carbons (Fsp3) is 0.304. The maximum absolute atomic E-state index is 13.3. The fourth-order valence-corrected chi connectivity index (χ4v) is 3.90. The third-order valence-electron chi connectivity index (χ3n) is 5.51. The smallest absolute Gasteiger partial charge is 0.252 e. The van der Waals surface area contributed by atoms with E-state index in [-0.39, 0.29) is 18.0 Å². The molecule has 2 heterocycles. The highest BCUT2D eigenvalue weighted by Crippen LogP contribution is 2.33. The second-order valence-electron chi connectivity index (χ2n) is 7.57. The van der Waals surface area contributed by atoms with Gasteiger partial charge in [-0.1, -0.05) is 12.8 Å². The molecule has 0 spiro atoms. The van der Waals surface area contributed by atoms with Crippen LogP contribution in [0.25, 0.3) is 11.1 Å². The number of aromatic nitrogens is 3. The van der Waals surface area contributed by atoms with E-state index in [1.54, 1.807) is 31.6 Å². The summed E-state index contributed by atoms with van der Waals surface area (Å²) in [5, 5.41) is 6.38. The summed E-state index contributed by atoms with van der Waals surface area (Å²) in [4.78, 5) is 25.7. The first-order chi connectivity index (χ1) is 15.2. The predicted molar refractivity (Wildman–Crippen MR) is 119 cm³/mol. The lowest BCUT2D eigenvalue weighted by molar-refractivity contribution is 0.0922. The van der Waals surface area contributed by atoms with Crippen molar-refractivity contribution in [2.24, 2.45) is 5.73 Å². The highest BCUT2D eigenvalue weighted by Gasteiger charge is 2.25. The molecule has 0 bridgehead atoms. The van der Waals surface area contributed by atoms with Crippen LogP contribution in [0.5, 0.6) is 5.88 Å². The Kier molecular flexibility index (Phi) is 6.37. The van der Waals surface area contributed by atoms with E-state index in [9.17, 15) is 4.79 Å². The van der Waals surface area contributed by atoms with Gasteiger partial charge in [-0.05, 0) is 49.2 Å². The van der Waals surface area contributed by atoms with E-state index < -0.39 is 0 Å². The number of pyridine rings is 1. The van der Waals surface area contributed by atoms with Gasteiger partial charge in [-0.25, -0.2) is 15.0 Å². The molecule has 0 radical (unpaired) electrons. The number of ether oxygens (including phenoxy) is 1. The number of methoxy groups -OCH3 is 1. The van der Waals surface area contributed by atoms with E-state index in [1.165, 1.54) is 6.33 Å². The first-order valence-electron chi connectivity index (χ1n) is 10.4. The quantitative estimate of drug-likeness (QED) is 0.563. The molecule has 1 aliphatic rings. The van der Waals surface area contributed by atoms with Gasteiger partial charge >= 0.3 is 0 Å². The molecule has 31 heavy (non-hydrogen) atoms. The maximum atomic E-state index is 13.3. The average molecular weight is 419 g/mol. The summed E-state index contributed by atoms with van der Waals surface area (Å²) < 4.78 is 5.46. The minimum Gasteiger partial charge on any atom is -0.481 e. The van der Waals surface area contributed by atoms with Gasteiger partial charge in [0.2, 0.25) is 5.88 Å². The normalized spacial score (nSPS) is 18.3. The molecular weight excluding hydrogens is 392 g/mol. The fourth-order valence-electron chi connectivity index (χ4n) is 3.90. The molecule has 3 aromatic rings. The average Bonchev–Trinajstić information content (AvgIpc) is 2.81. The van der Waals surface area contributed by atoms with Crippen LogP contribution in [0.2, 0.25) is 0 Å². The number of amides is 1. The first-order valence-corrected chi connectivity index (χ1v) is 10.4. The van der Waals surface area contributed by atoms with Crippen molar-refractivity contribution in [1.29, 1.82) is 0 Å². The van der Waals surface area contributed by atoms with Crippen molar-refractivity contribution in [3.05, 3.63) is 60.7 Å². The predicted octanol–water partition coefficient (Wildman–Crippen LogP) is 3.29. The van der Waals surface area contributed by atoms with Crippen LogP contribution in [-0.2, 0) is 0 Å². The Labute approximate surface area is 181 Å². The number of nitrogens with two attached hydrogens (primary N) is 1. The van der Waals surface area contributed by atoms with Crippen LogP contribution >= 0.6 is 0 Å². The van der Waals surface area contributed by atoms with Crippen LogP contribution in [0.4, 0.5) is 11.5 Å². The van der Waals surface area contributed by atoms with Gasteiger partial charge in [0.1, 0.15) is 12.1 Å². The molecule has 1 fully saturated rings. The largest absolute Gasteiger partial charge is 0.481 e. The number of anilines is 2. The third kappa shape index (κ3) is 4.80. The third-order valence-corrected chi connectivity index (χ3v) is 5.51. The van der Waals surface area contributed by atoms with Crippen molar-refractivity contribution in [1.82, 2.24) is 20.3 Å². The Morgan fingerprint density at radius 3 is 2.74 bits per heavy atom. The maximum Gasteiger partial charge on any atom is 0.252 e. The SMILES string of the molecule is COc1ncccc1-c1cc(Nc2ccncn2)ccc1C(=O)NC1CCCCC1N. The van der Waals surface area contributed by atoms with E-state index in [0.29, 0.717) is 22.8 Å². The second-order valence-corrected chi connectivity index (χ2v) is 7.57. The summed E-state index contributed by atoms with van der Waals surface area (Å²) in [6.07, 6.45) is 8.80. The van der Waals surface area contributed by atoms with Gasteiger partial charge in [-0.15, -0.1) is 0 Å². The Bertz CT molecular complexity index is 1040. The summed E-state index contributed by atoms with van der Waals surface area (Å²) in [7, 11) is 1.57. The molecule has 1 saturated carbocycles. The highest BCUT2D eigenvalue weighted by atomic mass is 16.5. The van der Waals surface area contributed by atoms with Crippen LogP contribution in [0, 0.1) is 0 Å². The number of nitrogens with zero attached hydrogens (tertiary/aromatic N) is 3. The zero-order valence-corrected chi connectivity index (χ0v) is 17.4. The zero-order chi connectivity index (χ0) is 21.6. The van der Waals surface area contributed by atoms with Gasteiger partial charge in [-0.2, -0.15) is 0 Å². The topological polar surface area (TPSA) is 115 Å². The Hall–Kier alpha value is -3.52. The van der Waals surface area contributed by atoms with Crippen LogP contribution in [-0.4, -0.2) is 40.1 Å². The molecule has 2 unspecified atom stereocenters. The van der Waals surface area contributed by atoms with Crippen molar-refractivity contribution in [3.8, 4) is 17.0 Å². The van der Waals surface area contributed by atoms with Gasteiger partial charge in [0, 0.05) is 46.9 Å². The van der Waals surface area contributed by atoms with E-state index in [1.807, 2.05) is 24.3 Å². The molecule has 160 valence electrons. The van der Waals surface area contributed by atoms with Crippen LogP contribution in [0.1, 0.15) is 36.0 Å². The van der Waals surface area contributed by atoms with Gasteiger partial charge in [0.05, 0.1) is 7.11 Å². The summed E-state index contributed by atoms with van der Waals surface area (Å²) in [6.45, 7) is 0. The molecule has 4 rings (SSSR count). The first kappa shape index (κ1) is 20.7. The summed E-state index contributed by atoms with van der Waals surface area (Å²) in [5.41, 5.74) is 9.01. The lowest BCUT2D eigenvalue weighted by Gasteiger charge is -2.29. The number of carbonyl (C=O) groups is 1. The molecule has 8 heteroatoms. The summed E-state index contributed by atoms with van der Waals surface area (Å²) in [5.74, 6) is 0.950. The van der Waals surface area contributed by atoms with Crippen LogP contribution in [0.3, 0.4) is 0 Å². The summed E-state index contributed by atoms with van der Waals surface area (Å²) in [6, 6.07) is 11.0. The molecule has 4 N–H and O–H groups in total. The van der Waals surface area contributed by atoms with Crippen molar-refractivity contribution in [2.75, 3.05) is 12.4 Å². The van der Waals surface area contributed by atoms with Gasteiger partial charge in [-0.3, -0.25) is 4.79 Å². The Morgan fingerprint density at radius 2 is 1.97 bits per heavy atom. The molecule has 0 aliphatic heterocycles. The molecule has 1 aromatic carbocycles. The molecule has 2 atom stereocenters. The lowest BCUT2D eigenvalue weighted by atomic mass is 9.90. The number of nitrogens with one attached hydrogen (secondary N) is 2. The molecular formula is C23H26N6O2. The zero-order valence-electron chi connectivity index (χ0n) is 17.4. The highest BCUT2D eigenvalue weighted by molar-refractivity contribution is 6.02. The molecule has 8 nitrogen and oxygen atoms in total. The van der Waals surface area contributed by atoms with Crippen molar-refractivity contribution >= 4 is 17.4 Å². The molecule has 0 saturated heterocycles. The molecule has 1 amide bonds. The van der Waals surface area contributed by atoms with E-state index in [2.05, 4.69) is 25.6 Å². The van der Waals surface area contributed by atoms with Crippen molar-refractivity contribution in [3.63, 3.8) is 0 Å². The second kappa shape index (κ2) is 9.53. The monoisotopic (exact) mass is 418 g/mol. The number of hydrogen-bond acceptors (Lipinski definition) is 7. The molecule has 2 aromatic heterocycles. The van der Waals surface area contributed by atoms with Crippen molar-refractivity contribution < 1.29 is 9.53 Å². The molecule has 1 aliphatic carbocycles. The number of carbonyl (C=O) groups excluding carboxylic acids is 1. The van der Waals surface area contributed by atoms with Gasteiger partial charge in [0.15, 0.2) is 0 Å². The Balaban J connectivity index is 1.70. The standard InChI is InChI=1S/C23H26N6O2/c1-31-23-17(5-4-11-26-23)18-13-15(28-21-10-12-25-14-27-21)8-9-16(18)22(30)29-20-7-3-2-6-19(20)24/h4-5,8-14,19-20H,2-3,6-7,24H2,1H3,(H,29,30)(H,25,27,28). The van der Waals surface area contributed by atoms with E-state index in [0.717, 1.165) is 36.9 Å². The Morgan fingerprint density at radius 1 is 1.10 bits per heavy atom. The van der Waals surface area contributed by atoms with Gasteiger partial charge < -0.3 is 21.1 Å². The van der Waals surface area contributed by atoms with Crippen LogP contribution in [0.15, 0.2) is 55.1 Å². The lowest BCUT2D eigenvalue weighted by Crippen LogP contribution is -2.49.